The van der Waals surface area contributed by atoms with Crippen molar-refractivity contribution in [1.29, 1.82) is 0 Å². The van der Waals surface area contributed by atoms with E-state index in [9.17, 15) is 19.2 Å². The monoisotopic (exact) mass is 532 g/mol. The third-order valence-electron chi connectivity index (χ3n) is 4.57. The van der Waals surface area contributed by atoms with Crippen LogP contribution >= 0.6 is 24.4 Å². The Morgan fingerprint density at radius 2 is 1.57 bits per heavy atom. The molecule has 1 aliphatic rings. The van der Waals surface area contributed by atoms with Crippen LogP contribution in [0.15, 0.2) is 0 Å². The van der Waals surface area contributed by atoms with Gasteiger partial charge in [-0.05, 0) is 72.4 Å². The Morgan fingerprint density at radius 1 is 1.00 bits per heavy atom. The number of ether oxygens (including phenoxy) is 4. The van der Waals surface area contributed by atoms with Crippen molar-refractivity contribution in [2.75, 3.05) is 13.7 Å². The lowest BCUT2D eigenvalue weighted by Crippen LogP contribution is -2.57. The summed E-state index contributed by atoms with van der Waals surface area (Å²) in [5.41, 5.74) is -1.16. The largest absolute Gasteiger partial charge is 0.479 e. The van der Waals surface area contributed by atoms with E-state index in [0.717, 1.165) is 14.0 Å². The molecule has 1 aliphatic heterocycles. The van der Waals surface area contributed by atoms with Crippen molar-refractivity contribution in [1.82, 2.24) is 10.2 Å². The molecule has 1 fully saturated rings. The van der Waals surface area contributed by atoms with Gasteiger partial charge in [0.05, 0.1) is 20.0 Å². The fraction of sp³-hybridized carbons (Fsp3) is 0.739. The van der Waals surface area contributed by atoms with E-state index in [1.807, 2.05) is 20.8 Å². The van der Waals surface area contributed by atoms with Crippen LogP contribution in [-0.2, 0) is 38.1 Å². The van der Waals surface area contributed by atoms with Crippen molar-refractivity contribution < 1.29 is 38.1 Å². The molecular weight excluding hydrogens is 496 g/mol. The first-order chi connectivity index (χ1) is 15.9. The van der Waals surface area contributed by atoms with E-state index in [2.05, 4.69) is 10.1 Å². The molecule has 0 aliphatic carbocycles. The van der Waals surface area contributed by atoms with E-state index in [-0.39, 0.29) is 23.4 Å². The number of nitrogens with zero attached hydrogens (tertiary/aromatic N) is 1. The van der Waals surface area contributed by atoms with Crippen molar-refractivity contribution in [3.8, 4) is 0 Å². The molecule has 0 aromatic carbocycles. The minimum Gasteiger partial charge on any atom is -0.479 e. The lowest BCUT2D eigenvalue weighted by molar-refractivity contribution is -0.166. The Kier molecular flexibility index (Phi) is 11.0. The fourth-order valence-electron chi connectivity index (χ4n) is 3.09. The molecular formula is C23H36N2O8S2. The molecule has 1 rings (SSSR count). The van der Waals surface area contributed by atoms with E-state index < -0.39 is 47.6 Å². The molecule has 10 nitrogen and oxygen atoms in total. The Hall–Kier alpha value is -2.34. The highest BCUT2D eigenvalue weighted by atomic mass is 32.1. The molecule has 0 saturated carbocycles. The van der Waals surface area contributed by atoms with Gasteiger partial charge < -0.3 is 29.2 Å². The van der Waals surface area contributed by atoms with Gasteiger partial charge in [0, 0.05) is 13.5 Å². The zero-order valence-electron chi connectivity index (χ0n) is 21.6. The summed E-state index contributed by atoms with van der Waals surface area (Å²) in [5.74, 6) is -2.60. The number of rotatable bonds is 9. The van der Waals surface area contributed by atoms with E-state index in [1.54, 1.807) is 25.7 Å². The van der Waals surface area contributed by atoms with Gasteiger partial charge in [0.2, 0.25) is 17.9 Å². The quantitative estimate of drug-likeness (QED) is 0.350. The number of thiocarbonyl (C=S) groups is 2. The molecule has 0 unspecified atom stereocenters. The second-order valence-corrected chi connectivity index (χ2v) is 10.9. The topological polar surface area (TPSA) is 120 Å². The molecule has 198 valence electrons. The van der Waals surface area contributed by atoms with Crippen LogP contribution in [0.2, 0.25) is 0 Å². The lowest BCUT2D eigenvalue weighted by Gasteiger charge is -2.42. The van der Waals surface area contributed by atoms with Gasteiger partial charge in [-0.1, -0.05) is 0 Å². The molecule has 0 radical (unpaired) electrons. The average Bonchev–Trinajstić information content (AvgIpc) is 2.61. The van der Waals surface area contributed by atoms with E-state index in [0.29, 0.717) is 18.0 Å². The summed E-state index contributed by atoms with van der Waals surface area (Å²) >= 11 is 10.8. The summed E-state index contributed by atoms with van der Waals surface area (Å²) in [6, 6.07) is -1.32. The third kappa shape index (κ3) is 10.9. The number of amides is 2. The Labute approximate surface area is 217 Å². The van der Waals surface area contributed by atoms with Gasteiger partial charge in [0.1, 0.15) is 23.3 Å². The predicted octanol–water partition coefficient (Wildman–Crippen LogP) is 2.24. The molecule has 1 heterocycles. The van der Waals surface area contributed by atoms with Crippen LogP contribution in [0.4, 0.5) is 0 Å². The van der Waals surface area contributed by atoms with Crippen LogP contribution in [0.5, 0.6) is 0 Å². The number of hydrogen-bond acceptors (Lipinski definition) is 10. The van der Waals surface area contributed by atoms with Crippen molar-refractivity contribution in [3.63, 3.8) is 0 Å². The van der Waals surface area contributed by atoms with E-state index in [4.69, 9.17) is 38.6 Å². The third-order valence-corrected chi connectivity index (χ3v) is 5.29. The molecule has 0 spiro atoms. The smallest absolute Gasteiger partial charge is 0.347 e. The van der Waals surface area contributed by atoms with Crippen LogP contribution in [0.1, 0.15) is 67.7 Å². The number of esters is 2. The van der Waals surface area contributed by atoms with Gasteiger partial charge in [0.15, 0.2) is 10.1 Å². The highest BCUT2D eigenvalue weighted by molar-refractivity contribution is 7.80. The molecule has 3 atom stereocenters. The SMILES string of the molecule is COC(=O)[C@H](CC(=O)N[C@@H](CC(=O)N1CC[C@H]1C(=S)OC(C)(C)C)C(=S)OC(C)(C)C)OC(C)=O. The molecule has 12 heteroatoms. The molecule has 1 saturated heterocycles. The molecule has 0 bridgehead atoms. The Balaban J connectivity index is 2.96. The molecule has 0 aromatic rings. The van der Waals surface area contributed by atoms with Gasteiger partial charge in [0.25, 0.3) is 0 Å². The van der Waals surface area contributed by atoms with Crippen LogP contribution in [0, 0.1) is 0 Å². The Bertz CT molecular complexity index is 847. The van der Waals surface area contributed by atoms with Gasteiger partial charge in [-0.2, -0.15) is 0 Å². The van der Waals surface area contributed by atoms with Crippen molar-refractivity contribution >= 4 is 58.3 Å². The standard InChI is InChI=1S/C23H36N2O8S2/c1-13(26)31-16(19(29)30-8)12-17(27)24-14(20(34)32-22(2,3)4)11-18(28)25-10-9-15(25)21(35)33-23(5,6)7/h14-16H,9-12H2,1-8H3,(H,24,27)/t14-,15-,16-/m0/s1. The van der Waals surface area contributed by atoms with Gasteiger partial charge in [-0.3, -0.25) is 14.4 Å². The first-order valence-corrected chi connectivity index (χ1v) is 12.0. The minimum atomic E-state index is -1.43. The number of carbonyl (C=O) groups excluding carboxylic acids is 4. The molecule has 35 heavy (non-hydrogen) atoms. The first kappa shape index (κ1) is 30.7. The van der Waals surface area contributed by atoms with Crippen LogP contribution in [-0.4, -0.2) is 81.8 Å². The highest BCUT2D eigenvalue weighted by Crippen LogP contribution is 2.24. The van der Waals surface area contributed by atoms with Gasteiger partial charge >= 0.3 is 11.9 Å². The summed E-state index contributed by atoms with van der Waals surface area (Å²) in [5, 5.41) is 2.96. The summed E-state index contributed by atoms with van der Waals surface area (Å²) in [6.45, 7) is 12.5. The lowest BCUT2D eigenvalue weighted by atomic mass is 10.0. The predicted molar refractivity (Wildman–Crippen MR) is 136 cm³/mol. The first-order valence-electron chi connectivity index (χ1n) is 11.2. The maximum absolute atomic E-state index is 13.1. The summed E-state index contributed by atoms with van der Waals surface area (Å²) < 4.78 is 20.9. The number of carbonyl (C=O) groups is 4. The number of methoxy groups -OCH3 is 1. The zero-order chi connectivity index (χ0) is 27.1. The van der Waals surface area contributed by atoms with Crippen LogP contribution in [0.3, 0.4) is 0 Å². The van der Waals surface area contributed by atoms with Crippen molar-refractivity contribution in [2.45, 2.75) is 97.1 Å². The number of likely N-dealkylation sites (tertiary alicyclic amines) is 1. The van der Waals surface area contributed by atoms with Crippen molar-refractivity contribution in [3.05, 3.63) is 0 Å². The second-order valence-electron chi connectivity index (χ2n) is 10.1. The van der Waals surface area contributed by atoms with Crippen LogP contribution in [0.25, 0.3) is 0 Å². The molecule has 2 amide bonds. The number of nitrogens with one attached hydrogen (secondary N) is 1. The van der Waals surface area contributed by atoms with Crippen molar-refractivity contribution in [2.24, 2.45) is 0 Å². The maximum atomic E-state index is 13.1. The summed E-state index contributed by atoms with van der Waals surface area (Å²) in [6.07, 6.45) is -1.46. The molecule has 0 aromatic heterocycles. The minimum absolute atomic E-state index is 0.00639. The zero-order valence-corrected chi connectivity index (χ0v) is 23.2. The van der Waals surface area contributed by atoms with E-state index in [1.165, 1.54) is 0 Å². The number of hydrogen-bond donors (Lipinski definition) is 1. The Morgan fingerprint density at radius 3 is 2.00 bits per heavy atom. The van der Waals surface area contributed by atoms with Gasteiger partial charge in [-0.25, -0.2) is 4.79 Å². The normalized spacial score (nSPS) is 17.3. The average molecular weight is 533 g/mol. The molecule has 1 N–H and O–H groups in total. The summed E-state index contributed by atoms with van der Waals surface area (Å²) in [4.78, 5) is 50.6. The van der Waals surface area contributed by atoms with Crippen LogP contribution < -0.4 is 5.32 Å². The van der Waals surface area contributed by atoms with Gasteiger partial charge in [-0.15, -0.1) is 0 Å². The fourth-order valence-corrected chi connectivity index (χ4v) is 3.97. The highest BCUT2D eigenvalue weighted by Gasteiger charge is 2.39. The second kappa shape index (κ2) is 12.6. The van der Waals surface area contributed by atoms with E-state index >= 15 is 0 Å². The summed E-state index contributed by atoms with van der Waals surface area (Å²) in [7, 11) is 1.11. The maximum Gasteiger partial charge on any atom is 0.347 e.